The normalized spacial score (nSPS) is 17.4. The van der Waals surface area contributed by atoms with Crippen LogP contribution in [0.1, 0.15) is 38.8 Å². The summed E-state index contributed by atoms with van der Waals surface area (Å²) in [6.07, 6.45) is 3.59. The molecule has 4 rings (SSSR count). The first-order valence-corrected chi connectivity index (χ1v) is 13.7. The second-order valence-electron chi connectivity index (χ2n) is 9.53. The molecule has 0 aliphatic carbocycles. The molecule has 0 fully saturated rings. The molecule has 0 saturated heterocycles. The van der Waals surface area contributed by atoms with Crippen molar-refractivity contribution in [1.82, 2.24) is 0 Å². The van der Waals surface area contributed by atoms with Crippen molar-refractivity contribution in [3.05, 3.63) is 71.8 Å². The third-order valence-corrected chi connectivity index (χ3v) is 6.52. The minimum absolute atomic E-state index is 0. The maximum absolute atomic E-state index is 10.9. The van der Waals surface area contributed by atoms with Crippen LogP contribution in [0, 0.1) is 0 Å². The van der Waals surface area contributed by atoms with E-state index in [9.17, 15) is 25.9 Å². The third kappa shape index (κ3) is 8.89. The van der Waals surface area contributed by atoms with Crippen molar-refractivity contribution in [2.24, 2.45) is 0 Å². The van der Waals surface area contributed by atoms with Gasteiger partial charge in [-0.3, -0.25) is 0 Å². The number of benzene rings is 2. The van der Waals surface area contributed by atoms with Crippen LogP contribution in [0.4, 0.5) is 11.4 Å². The van der Waals surface area contributed by atoms with E-state index in [4.69, 9.17) is 0 Å². The monoisotopic (exact) mass is 544 g/mol. The molecule has 0 spiro atoms. The second kappa shape index (κ2) is 10.9. The zero-order valence-electron chi connectivity index (χ0n) is 20.2. The van der Waals surface area contributed by atoms with Gasteiger partial charge in [0.15, 0.2) is 0 Å². The van der Waals surface area contributed by atoms with Gasteiger partial charge in [-0.2, -0.15) is 0 Å². The van der Waals surface area contributed by atoms with E-state index in [1.807, 2.05) is 76.2 Å². The molecule has 0 saturated carbocycles. The van der Waals surface area contributed by atoms with Gasteiger partial charge in [0.2, 0.25) is 0 Å². The van der Waals surface area contributed by atoms with E-state index in [-0.39, 0.29) is 48.8 Å². The number of hydrogen-bond donors (Lipinski definition) is 2. The van der Waals surface area contributed by atoms with E-state index in [2.05, 4.69) is 10.6 Å². The van der Waals surface area contributed by atoms with Crippen molar-refractivity contribution in [3.8, 4) is 0 Å². The molecule has 2 N–H and O–H groups in total. The summed E-state index contributed by atoms with van der Waals surface area (Å²) in [5, 5.41) is 6.56. The van der Waals surface area contributed by atoms with Crippen LogP contribution in [0.25, 0.3) is 11.1 Å². The Bertz CT molecular complexity index is 1260. The Morgan fingerprint density at radius 1 is 0.657 bits per heavy atom. The van der Waals surface area contributed by atoms with Crippen LogP contribution < -0.4 is 10.6 Å². The first-order valence-electron chi connectivity index (χ1n) is 10.6. The molecule has 2 aliphatic rings. The topological polar surface area (TPSA) is 138 Å². The van der Waals surface area contributed by atoms with Gasteiger partial charge in [-0.1, -0.05) is 48.6 Å². The fourth-order valence-corrected chi connectivity index (χ4v) is 5.40. The fraction of sp³-hybridized carbons (Fsp3) is 0.333. The average molecular weight is 545 g/mol. The molecule has 0 atom stereocenters. The van der Waals surface area contributed by atoms with Crippen LogP contribution in [0.2, 0.25) is 0 Å². The van der Waals surface area contributed by atoms with Gasteiger partial charge in [0.25, 0.3) is 0 Å². The van der Waals surface area contributed by atoms with E-state index in [0.717, 1.165) is 22.5 Å². The van der Waals surface area contributed by atoms with E-state index >= 15 is 0 Å². The molecule has 0 amide bonds. The van der Waals surface area contributed by atoms with Crippen molar-refractivity contribution >= 4 is 80.5 Å². The molecule has 35 heavy (non-hydrogen) atoms. The van der Waals surface area contributed by atoms with Crippen molar-refractivity contribution in [3.63, 3.8) is 0 Å². The first-order chi connectivity index (χ1) is 15.5. The number of fused-ring (bicyclic) bond motifs is 2. The van der Waals surface area contributed by atoms with Crippen LogP contribution in [0.3, 0.4) is 0 Å². The molecule has 0 bridgehead atoms. The van der Waals surface area contributed by atoms with Gasteiger partial charge in [-0.15, -0.1) is 0 Å². The largest absolute Gasteiger partial charge is 2.00 e. The predicted octanol–water partition coefficient (Wildman–Crippen LogP) is 3.26. The summed E-state index contributed by atoms with van der Waals surface area (Å²) in [6.45, 7) is 7.72. The molecule has 0 unspecified atom stereocenters. The number of para-hydroxylation sites is 2. The molecule has 11 heteroatoms. The van der Waals surface area contributed by atoms with Crippen molar-refractivity contribution in [2.45, 2.75) is 38.8 Å². The Morgan fingerprint density at radius 2 is 0.971 bits per heavy atom. The van der Waals surface area contributed by atoms with Crippen LogP contribution in [0.15, 0.2) is 60.7 Å². The number of rotatable bonds is 4. The van der Waals surface area contributed by atoms with Crippen molar-refractivity contribution in [2.75, 3.05) is 22.1 Å². The number of anilines is 2. The van der Waals surface area contributed by atoms with E-state index in [1.165, 1.54) is 0 Å². The Morgan fingerprint density at radius 3 is 1.29 bits per heavy atom. The summed E-state index contributed by atoms with van der Waals surface area (Å²) in [5.74, 6) is -0.926. The number of nitrogens with one attached hydrogen (secondary N) is 2. The number of hydrogen-bond acceptors (Lipinski definition) is 8. The third-order valence-electron chi connectivity index (χ3n) is 5.19. The summed E-state index contributed by atoms with van der Waals surface area (Å²) in [7, 11) is -8.53. The Hall–Kier alpha value is -1.40. The molecular formula is C24H28CaN2O6S2. The van der Waals surface area contributed by atoms with E-state index in [0.29, 0.717) is 11.1 Å². The molecule has 0 radical (unpaired) electrons. The van der Waals surface area contributed by atoms with Crippen LogP contribution >= 0.6 is 0 Å². The summed E-state index contributed by atoms with van der Waals surface area (Å²) in [4.78, 5) is 0. The van der Waals surface area contributed by atoms with Crippen LogP contribution in [-0.4, -0.2) is 86.3 Å². The van der Waals surface area contributed by atoms with Gasteiger partial charge in [0.05, 0.1) is 42.8 Å². The minimum atomic E-state index is -4.26. The van der Waals surface area contributed by atoms with Gasteiger partial charge in [-0.25, -0.2) is 16.8 Å². The van der Waals surface area contributed by atoms with E-state index in [1.54, 1.807) is 12.2 Å². The van der Waals surface area contributed by atoms with Gasteiger partial charge in [-0.05, 0) is 51.0 Å². The van der Waals surface area contributed by atoms with Gasteiger partial charge in [0.1, 0.15) is 0 Å². The quantitative estimate of drug-likeness (QED) is 0.442. The molecular weight excluding hydrogens is 516 g/mol. The molecule has 8 nitrogen and oxygen atoms in total. The maximum atomic E-state index is 10.9. The van der Waals surface area contributed by atoms with Gasteiger partial charge < -0.3 is 19.7 Å². The van der Waals surface area contributed by atoms with Crippen LogP contribution in [-0.2, 0) is 20.2 Å². The molecule has 2 aromatic carbocycles. The van der Waals surface area contributed by atoms with Crippen molar-refractivity contribution in [1.29, 1.82) is 0 Å². The summed E-state index contributed by atoms with van der Waals surface area (Å²) in [6, 6.07) is 14.8. The standard InChI is InChI=1S/2C12H15NO3S.Ca/c2*1-12(2)7-9(8-17(14,15)16)10-5-3-4-6-11(10)13-12;/h2*3-7,13H,8H2,1-2H3,(H,14,15,16);/q;;+2/p-2. The molecule has 2 aromatic rings. The molecule has 2 heterocycles. The second-order valence-corrected chi connectivity index (χ2v) is 12.3. The van der Waals surface area contributed by atoms with Gasteiger partial charge >= 0.3 is 37.7 Å². The smallest absolute Gasteiger partial charge is 0.748 e. The van der Waals surface area contributed by atoms with Crippen LogP contribution in [0.5, 0.6) is 0 Å². The zero-order valence-corrected chi connectivity index (χ0v) is 24.0. The summed E-state index contributed by atoms with van der Waals surface area (Å²) >= 11 is 0. The molecule has 2 aliphatic heterocycles. The fourth-order valence-electron chi connectivity index (χ4n) is 4.16. The summed E-state index contributed by atoms with van der Waals surface area (Å²) in [5.41, 5.74) is 3.72. The first kappa shape index (κ1) is 29.8. The predicted molar refractivity (Wildman–Crippen MR) is 139 cm³/mol. The minimum Gasteiger partial charge on any atom is -0.748 e. The Kier molecular flexibility index (Phi) is 9.31. The maximum Gasteiger partial charge on any atom is 2.00 e. The molecule has 184 valence electrons. The Balaban J connectivity index is 0.000000240. The van der Waals surface area contributed by atoms with E-state index < -0.39 is 31.7 Å². The van der Waals surface area contributed by atoms with Crippen molar-refractivity contribution < 1.29 is 25.9 Å². The molecule has 0 aromatic heterocycles. The Labute approximate surface area is 237 Å². The SMILES string of the molecule is CC1(C)C=C(CS(=O)(=O)[O-])c2ccccc2N1.CC1(C)C=C(CS(=O)(=O)[O-])c2ccccc2N1.[Ca+2]. The van der Waals surface area contributed by atoms with Gasteiger partial charge in [0, 0.05) is 22.5 Å². The summed E-state index contributed by atoms with van der Waals surface area (Å²) < 4.78 is 65.4. The zero-order chi connectivity index (χ0) is 25.4. The average Bonchev–Trinajstić information content (AvgIpc) is 2.64.